The molecule has 4 aliphatic rings. The largest absolute Gasteiger partial charge is 0.444 e. The third-order valence-corrected chi connectivity index (χ3v) is 15.0. The number of fused-ring (bicyclic) bond motifs is 4. The summed E-state index contributed by atoms with van der Waals surface area (Å²) in [5.74, 6) is 0. The lowest BCUT2D eigenvalue weighted by Gasteiger charge is -2.40. The first-order valence-electron chi connectivity index (χ1n) is 23.6. The van der Waals surface area contributed by atoms with Gasteiger partial charge in [-0.2, -0.15) is 0 Å². The number of imidazole rings is 2. The van der Waals surface area contributed by atoms with Crippen LogP contribution in [-0.4, -0.2) is 118 Å². The molecule has 2 aliphatic carbocycles. The van der Waals surface area contributed by atoms with Gasteiger partial charge in [0, 0.05) is 97.8 Å². The van der Waals surface area contributed by atoms with Crippen molar-refractivity contribution in [2.24, 2.45) is 14.1 Å². The Morgan fingerprint density at radius 3 is 1.51 bits per heavy atom. The van der Waals surface area contributed by atoms with Crippen molar-refractivity contribution in [2.75, 3.05) is 52.4 Å². The summed E-state index contributed by atoms with van der Waals surface area (Å²) >= 11 is 20.2. The summed E-state index contributed by atoms with van der Waals surface area (Å²) in [6.07, 6.45) is 14.2. The van der Waals surface area contributed by atoms with Gasteiger partial charge < -0.3 is 34.3 Å². The number of benzene rings is 2. The molecule has 14 nitrogen and oxygen atoms in total. The molecular weight excluding hydrogens is 1070 g/mol. The van der Waals surface area contributed by atoms with Crippen molar-refractivity contribution in [3.05, 3.63) is 161 Å². The highest BCUT2D eigenvalue weighted by Crippen LogP contribution is 2.49. The first-order chi connectivity index (χ1) is 33.7. The Kier molecular flexibility index (Phi) is 14.6. The van der Waals surface area contributed by atoms with Gasteiger partial charge in [0.1, 0.15) is 16.8 Å². The molecule has 1 amide bonds. The van der Waals surface area contributed by atoms with Crippen LogP contribution in [0.5, 0.6) is 0 Å². The number of halogens is 4. The summed E-state index contributed by atoms with van der Waals surface area (Å²) in [5.41, 5.74) is 7.26. The van der Waals surface area contributed by atoms with Crippen LogP contribution in [0.3, 0.4) is 0 Å². The Labute approximate surface area is 441 Å². The van der Waals surface area contributed by atoms with E-state index in [9.17, 15) is 15.0 Å². The molecule has 0 spiro atoms. The van der Waals surface area contributed by atoms with Gasteiger partial charge in [-0.15, -0.1) is 0 Å². The summed E-state index contributed by atoms with van der Waals surface area (Å²) < 4.78 is 11.0. The van der Waals surface area contributed by atoms with E-state index in [1.807, 2.05) is 99.6 Å². The second-order valence-electron chi connectivity index (χ2n) is 19.9. The highest BCUT2D eigenvalue weighted by Gasteiger charge is 2.41. The van der Waals surface area contributed by atoms with Crippen LogP contribution in [0.25, 0.3) is 23.3 Å². The lowest BCUT2D eigenvalue weighted by Crippen LogP contribution is -2.51. The Morgan fingerprint density at radius 1 is 0.662 bits per heavy atom. The quantitative estimate of drug-likeness (QED) is 0.146. The van der Waals surface area contributed by atoms with Crippen molar-refractivity contribution in [3.8, 4) is 0 Å². The number of hydrogen-bond donors (Lipinski definition) is 3. The highest BCUT2D eigenvalue weighted by atomic mass is 79.9. The standard InChI is InChI=1S/C29H33BrClN5O3.C24H25BrClN5O/c1-28(2,3)39-27(37)36-10-8-35(9-11-36)26-21-7-6-20(31)14-22(21)23(13-18-12-19(30)15-33-25(18)26)29(4,38)24-16-32-17-34(24)5;1-24(32,21-13-28-14-30(21)2)20-10-15-9-16(25)12-29-22(15)23(31-7-5-27-6-8-31)18-4-3-17(26)11-19(18)20/h6-7,12-17,26,38H,8-11H2,1-5H3;3-4,9-14,23,27,32H,5-8H2,1-2H3/t26-,29?;23-,24?/m11/s1. The van der Waals surface area contributed by atoms with Crippen molar-refractivity contribution in [2.45, 2.75) is 63.5 Å². The zero-order valence-corrected chi connectivity index (χ0v) is 45.5. The molecular formula is C53H58Br2Cl2N10O4. The fourth-order valence-corrected chi connectivity index (χ4v) is 11.3. The molecule has 372 valence electrons. The molecule has 4 aromatic heterocycles. The molecule has 2 saturated heterocycles. The van der Waals surface area contributed by atoms with E-state index in [1.54, 1.807) is 43.1 Å². The summed E-state index contributed by atoms with van der Waals surface area (Å²) in [4.78, 5) is 37.5. The van der Waals surface area contributed by atoms with Crippen LogP contribution in [0.15, 0.2) is 94.9 Å². The van der Waals surface area contributed by atoms with Gasteiger partial charge in [0.25, 0.3) is 0 Å². The van der Waals surface area contributed by atoms with Crippen molar-refractivity contribution >= 4 is 84.5 Å². The van der Waals surface area contributed by atoms with Crippen LogP contribution in [0.4, 0.5) is 4.79 Å². The lowest BCUT2D eigenvalue weighted by molar-refractivity contribution is 0.0117. The van der Waals surface area contributed by atoms with Crippen molar-refractivity contribution < 1.29 is 19.7 Å². The number of carbonyl (C=O) groups excluding carboxylic acids is 1. The number of ether oxygens (including phenoxy) is 1. The van der Waals surface area contributed by atoms with Gasteiger partial charge in [-0.1, -0.05) is 35.3 Å². The average molecular weight is 1130 g/mol. The minimum absolute atomic E-state index is 0.0384. The van der Waals surface area contributed by atoms with Crippen LogP contribution < -0.4 is 5.32 Å². The number of nitrogens with one attached hydrogen (secondary N) is 1. The van der Waals surface area contributed by atoms with Crippen molar-refractivity contribution in [1.29, 1.82) is 0 Å². The molecule has 6 heterocycles. The molecule has 0 bridgehead atoms. The van der Waals surface area contributed by atoms with Crippen LogP contribution in [-0.2, 0) is 30.0 Å². The maximum atomic E-state index is 12.7. The van der Waals surface area contributed by atoms with E-state index in [0.717, 1.165) is 85.5 Å². The minimum Gasteiger partial charge on any atom is -0.444 e. The van der Waals surface area contributed by atoms with E-state index in [4.69, 9.17) is 37.9 Å². The van der Waals surface area contributed by atoms with Crippen LogP contribution in [0.2, 0.25) is 10.0 Å². The molecule has 2 fully saturated rings. The van der Waals surface area contributed by atoms with E-state index in [0.29, 0.717) is 53.2 Å². The predicted molar refractivity (Wildman–Crippen MR) is 286 cm³/mol. The summed E-state index contributed by atoms with van der Waals surface area (Å²) in [6, 6.07) is 15.6. The van der Waals surface area contributed by atoms with Crippen molar-refractivity contribution in [1.82, 2.24) is 49.1 Å². The Balaban J connectivity index is 0.000000179. The second-order valence-corrected chi connectivity index (χ2v) is 22.6. The molecule has 6 aromatic rings. The lowest BCUT2D eigenvalue weighted by atomic mass is 9.84. The monoisotopic (exact) mass is 1130 g/mol. The number of piperazine rings is 2. The Hall–Kier alpha value is -4.75. The number of hydrogen-bond acceptors (Lipinski definition) is 11. The van der Waals surface area contributed by atoms with E-state index >= 15 is 0 Å². The highest BCUT2D eigenvalue weighted by molar-refractivity contribution is 9.10. The molecule has 0 saturated carbocycles. The van der Waals surface area contributed by atoms with E-state index in [2.05, 4.69) is 75.2 Å². The fraction of sp³-hybridized carbons (Fsp3) is 0.377. The zero-order valence-electron chi connectivity index (χ0n) is 40.8. The Bertz CT molecular complexity index is 3040. The van der Waals surface area contributed by atoms with Gasteiger partial charge in [-0.3, -0.25) is 19.8 Å². The summed E-state index contributed by atoms with van der Waals surface area (Å²) in [6.45, 7) is 15.3. The number of nitrogens with zero attached hydrogens (tertiary/aromatic N) is 9. The normalized spacial score (nSPS) is 20.0. The SMILES string of the molecule is Cn1cncc1C(C)(O)C1=Cc2cc(Br)cnc2[C@H](N2CCN(C(=O)OC(C)(C)C)CC2)c2ccc(Cl)cc21.Cn1cncc1C(C)(O)C1=Cc2cc(Br)cnc2[C@H](N2CCNCC2)c2ccc(Cl)cc21. The molecule has 18 heteroatoms. The molecule has 0 radical (unpaired) electrons. The maximum Gasteiger partial charge on any atom is 0.410 e. The number of amides is 1. The van der Waals surface area contributed by atoms with Gasteiger partial charge in [-0.05, 0) is 160 Å². The zero-order chi connectivity index (χ0) is 50.6. The number of carbonyl (C=O) groups is 1. The van der Waals surface area contributed by atoms with Gasteiger partial charge in [0.05, 0.1) is 59.9 Å². The number of aromatic nitrogens is 6. The third-order valence-electron chi connectivity index (χ3n) is 13.7. The van der Waals surface area contributed by atoms with E-state index in [1.165, 1.54) is 0 Å². The van der Waals surface area contributed by atoms with Crippen LogP contribution >= 0.6 is 55.1 Å². The van der Waals surface area contributed by atoms with E-state index in [-0.39, 0.29) is 18.2 Å². The fourth-order valence-electron chi connectivity index (χ4n) is 10.3. The topological polar surface area (TPSA) is 150 Å². The molecule has 2 unspecified atom stereocenters. The minimum atomic E-state index is -1.37. The number of aryl methyl sites for hydroxylation is 2. The van der Waals surface area contributed by atoms with Gasteiger partial charge in [0.15, 0.2) is 0 Å². The Morgan fingerprint density at radius 2 is 1.10 bits per heavy atom. The maximum absolute atomic E-state index is 12.7. The second kappa shape index (κ2) is 20.3. The van der Waals surface area contributed by atoms with Gasteiger partial charge in [0.2, 0.25) is 0 Å². The number of rotatable bonds is 6. The predicted octanol–water partition coefficient (Wildman–Crippen LogP) is 9.62. The summed E-state index contributed by atoms with van der Waals surface area (Å²) in [7, 11) is 3.76. The number of pyridine rings is 2. The molecule has 3 N–H and O–H groups in total. The van der Waals surface area contributed by atoms with Crippen molar-refractivity contribution in [3.63, 3.8) is 0 Å². The van der Waals surface area contributed by atoms with Gasteiger partial charge >= 0.3 is 6.09 Å². The molecule has 71 heavy (non-hydrogen) atoms. The van der Waals surface area contributed by atoms with E-state index < -0.39 is 16.8 Å². The average Bonchev–Trinajstić information content (AvgIpc) is 3.91. The first-order valence-corrected chi connectivity index (χ1v) is 26.0. The molecule has 10 rings (SSSR count). The third kappa shape index (κ3) is 10.4. The number of aliphatic hydroxyl groups is 2. The van der Waals surface area contributed by atoms with Crippen LogP contribution in [0.1, 0.15) is 103 Å². The molecule has 2 aliphatic heterocycles. The summed E-state index contributed by atoms with van der Waals surface area (Å²) in [5, 5.41) is 28.6. The smallest absolute Gasteiger partial charge is 0.410 e. The van der Waals surface area contributed by atoms with Crippen LogP contribution in [0, 0.1) is 0 Å². The first kappa shape index (κ1) is 51.2. The molecule has 4 atom stereocenters. The van der Waals surface area contributed by atoms with Gasteiger partial charge in [-0.25, -0.2) is 14.8 Å². The molecule has 2 aromatic carbocycles.